The number of nitrogens with zero attached hydrogens (tertiary/aromatic N) is 1. The van der Waals surface area contributed by atoms with E-state index in [1.54, 1.807) is 35.6 Å². The summed E-state index contributed by atoms with van der Waals surface area (Å²) in [6, 6.07) is 15.2. The Morgan fingerprint density at radius 1 is 1.17 bits per heavy atom. The number of aromatic amines is 1. The minimum atomic E-state index is 0.00751. The number of benzene rings is 2. The predicted octanol–water partition coefficient (Wildman–Crippen LogP) is 1.28. The first-order valence-corrected chi connectivity index (χ1v) is 7.78. The molecule has 0 saturated carbocycles. The molecule has 1 aromatic heterocycles. The molecular formula is C15H17N6OS+. The third-order valence-corrected chi connectivity index (χ3v) is 4.12. The fourth-order valence-electron chi connectivity index (χ4n) is 1.99. The fourth-order valence-corrected chi connectivity index (χ4v) is 2.85. The molecule has 0 amide bonds. The van der Waals surface area contributed by atoms with Crippen molar-refractivity contribution in [1.29, 1.82) is 0 Å². The minimum absolute atomic E-state index is 0.00751. The highest BCUT2D eigenvalue weighted by molar-refractivity contribution is 7.21. The molecule has 118 valence electrons. The highest BCUT2D eigenvalue weighted by atomic mass is 32.1. The van der Waals surface area contributed by atoms with E-state index in [9.17, 15) is 0 Å². The van der Waals surface area contributed by atoms with Gasteiger partial charge in [0.25, 0.3) is 0 Å². The van der Waals surface area contributed by atoms with Crippen molar-refractivity contribution in [2.75, 3.05) is 5.43 Å². The molecule has 0 aliphatic carbocycles. The topological polar surface area (TPSA) is 109 Å². The highest BCUT2D eigenvalue weighted by Crippen LogP contribution is 2.20. The van der Waals surface area contributed by atoms with E-state index in [0.29, 0.717) is 11.6 Å². The molecule has 7 N–H and O–H groups in total. The number of aliphatic hydroxyl groups excluding tert-OH is 1. The number of aliphatic hydroxyl groups is 1. The van der Waals surface area contributed by atoms with E-state index in [1.165, 1.54) is 0 Å². The van der Waals surface area contributed by atoms with Crippen molar-refractivity contribution in [2.45, 2.75) is 6.61 Å². The molecule has 0 saturated heterocycles. The number of rotatable bonds is 4. The Hall–Kier alpha value is -2.68. The van der Waals surface area contributed by atoms with Crippen LogP contribution in [0.3, 0.4) is 0 Å². The number of para-hydroxylation sites is 1. The van der Waals surface area contributed by atoms with Crippen molar-refractivity contribution >= 4 is 38.3 Å². The number of aromatic nitrogens is 1. The Morgan fingerprint density at radius 2 is 1.96 bits per heavy atom. The molecule has 0 bridgehead atoms. The number of guanidine groups is 1. The number of hydrazine groups is 2. The largest absolute Gasteiger partial charge is 0.392 e. The number of anilines is 1. The van der Waals surface area contributed by atoms with E-state index in [1.807, 2.05) is 24.3 Å². The third-order valence-electron chi connectivity index (χ3n) is 3.14. The first-order chi connectivity index (χ1) is 11.3. The van der Waals surface area contributed by atoms with Gasteiger partial charge in [0.1, 0.15) is 5.52 Å². The lowest BCUT2D eigenvalue weighted by molar-refractivity contribution is -0.322. The fraction of sp³-hybridized carbons (Fsp3) is 0.0667. The molecule has 23 heavy (non-hydrogen) atoms. The van der Waals surface area contributed by atoms with Gasteiger partial charge in [-0.2, -0.15) is 10.9 Å². The molecule has 0 aliphatic rings. The average Bonchev–Trinajstić information content (AvgIpc) is 3.02. The zero-order chi connectivity index (χ0) is 16.1. The number of thiazole rings is 1. The van der Waals surface area contributed by atoms with Gasteiger partial charge in [-0.3, -0.25) is 5.43 Å². The second-order valence-corrected chi connectivity index (χ2v) is 5.78. The van der Waals surface area contributed by atoms with Gasteiger partial charge in [0.2, 0.25) is 5.96 Å². The van der Waals surface area contributed by atoms with Gasteiger partial charge in [-0.15, -0.1) is 0 Å². The number of nitrogens with two attached hydrogens (primary N) is 1. The Kier molecular flexibility index (Phi) is 4.67. The first kappa shape index (κ1) is 15.2. The summed E-state index contributed by atoms with van der Waals surface area (Å²) < 4.78 is 1.15. The summed E-state index contributed by atoms with van der Waals surface area (Å²) in [5.41, 5.74) is 11.0. The molecule has 2 aromatic carbocycles. The standard InChI is InChI=1S/C15H16N6OS/c16-19-14(17-11-7-5-10(9-22)6-8-11)20-21-15-18-12-3-1-2-4-13(12)23-15/h1-8,22H,9,16H2,(H,18,21)(H2,17,19,20)/p+1. The van der Waals surface area contributed by atoms with Gasteiger partial charge in [0.05, 0.1) is 17.0 Å². The van der Waals surface area contributed by atoms with Crippen LogP contribution in [0.1, 0.15) is 5.56 Å². The zero-order valence-electron chi connectivity index (χ0n) is 12.2. The Balaban J connectivity index is 1.69. The summed E-state index contributed by atoms with van der Waals surface area (Å²) in [6.45, 7) is 0.00751. The minimum Gasteiger partial charge on any atom is -0.392 e. The van der Waals surface area contributed by atoms with E-state index in [0.717, 1.165) is 20.9 Å². The lowest BCUT2D eigenvalue weighted by atomic mass is 10.2. The van der Waals surface area contributed by atoms with Crippen LogP contribution in [0, 0.1) is 0 Å². The van der Waals surface area contributed by atoms with Crippen molar-refractivity contribution in [3.63, 3.8) is 0 Å². The maximum absolute atomic E-state index is 9.03. The van der Waals surface area contributed by atoms with Crippen LogP contribution in [-0.4, -0.2) is 11.1 Å². The zero-order valence-corrected chi connectivity index (χ0v) is 13.0. The maximum atomic E-state index is 9.03. The van der Waals surface area contributed by atoms with Crippen LogP contribution in [-0.2, 0) is 6.61 Å². The summed E-state index contributed by atoms with van der Waals surface area (Å²) in [7, 11) is 0. The van der Waals surface area contributed by atoms with Crippen LogP contribution in [0.2, 0.25) is 0 Å². The predicted molar refractivity (Wildman–Crippen MR) is 91.9 cm³/mol. The molecule has 3 rings (SSSR count). The van der Waals surface area contributed by atoms with Crippen molar-refractivity contribution in [1.82, 2.24) is 10.9 Å². The maximum Gasteiger partial charge on any atom is 0.356 e. The monoisotopic (exact) mass is 329 g/mol. The van der Waals surface area contributed by atoms with E-state index >= 15 is 0 Å². The second kappa shape index (κ2) is 7.05. The molecule has 0 fully saturated rings. The van der Waals surface area contributed by atoms with Gasteiger partial charge in [0, 0.05) is 0 Å². The molecule has 0 aliphatic heterocycles. The van der Waals surface area contributed by atoms with Crippen LogP contribution in [0.5, 0.6) is 0 Å². The van der Waals surface area contributed by atoms with Gasteiger partial charge in [-0.25, -0.2) is 15.8 Å². The summed E-state index contributed by atoms with van der Waals surface area (Å²) in [4.78, 5) is 7.59. The molecule has 0 radical (unpaired) electrons. The smallest absolute Gasteiger partial charge is 0.356 e. The van der Waals surface area contributed by atoms with Crippen molar-refractivity contribution < 1.29 is 10.1 Å². The van der Waals surface area contributed by atoms with Crippen molar-refractivity contribution in [2.24, 2.45) is 10.8 Å². The number of hydrogen-bond donors (Lipinski definition) is 5. The number of hydrogen-bond acceptors (Lipinski definition) is 5. The summed E-state index contributed by atoms with van der Waals surface area (Å²) in [5.74, 6) is 5.85. The third kappa shape index (κ3) is 3.75. The molecule has 7 nitrogen and oxygen atoms in total. The van der Waals surface area contributed by atoms with Crippen molar-refractivity contribution in [3.05, 3.63) is 54.1 Å². The Morgan fingerprint density at radius 3 is 2.65 bits per heavy atom. The summed E-state index contributed by atoms with van der Waals surface area (Å²) in [6.07, 6.45) is 0. The SMILES string of the molecule is NNC(=Nc1ccc(CO)cc1)NNc1[nH+]c2ccccc2s1. The number of H-pyrrole nitrogens is 1. The normalized spacial score (nSPS) is 11.5. The van der Waals surface area contributed by atoms with Crippen LogP contribution >= 0.6 is 11.3 Å². The van der Waals surface area contributed by atoms with Gasteiger partial charge < -0.3 is 5.11 Å². The number of nitrogens with one attached hydrogen (secondary N) is 4. The van der Waals surface area contributed by atoms with Gasteiger partial charge in [-0.1, -0.05) is 24.3 Å². The van der Waals surface area contributed by atoms with Crippen LogP contribution < -0.4 is 27.1 Å². The number of fused-ring (bicyclic) bond motifs is 1. The molecule has 0 unspecified atom stereocenters. The van der Waals surface area contributed by atoms with Gasteiger partial charge >= 0.3 is 5.13 Å². The van der Waals surface area contributed by atoms with E-state index in [4.69, 9.17) is 10.9 Å². The summed E-state index contributed by atoms with van der Waals surface area (Å²) >= 11 is 1.58. The molecule has 0 spiro atoms. The lowest BCUT2D eigenvalue weighted by Gasteiger charge is -2.05. The lowest BCUT2D eigenvalue weighted by Crippen LogP contribution is -2.44. The van der Waals surface area contributed by atoms with Crippen molar-refractivity contribution in [3.8, 4) is 0 Å². The summed E-state index contributed by atoms with van der Waals surface area (Å²) in [5, 5.41) is 9.87. The van der Waals surface area contributed by atoms with Crippen LogP contribution in [0.4, 0.5) is 10.8 Å². The Labute approximate surface area is 136 Å². The van der Waals surface area contributed by atoms with Crippen LogP contribution in [0.15, 0.2) is 53.5 Å². The quantitative estimate of drug-likeness (QED) is 0.214. The van der Waals surface area contributed by atoms with Crippen LogP contribution in [0.25, 0.3) is 10.2 Å². The molecule has 8 heteroatoms. The van der Waals surface area contributed by atoms with E-state index < -0.39 is 0 Å². The number of aliphatic imine (C=N–C) groups is 1. The van der Waals surface area contributed by atoms with E-state index in [-0.39, 0.29) is 6.61 Å². The molecule has 3 aromatic rings. The second-order valence-electron chi connectivity index (χ2n) is 4.73. The van der Waals surface area contributed by atoms with Gasteiger partial charge in [0.15, 0.2) is 0 Å². The Bertz CT molecular complexity index is 781. The first-order valence-electron chi connectivity index (χ1n) is 6.96. The average molecular weight is 329 g/mol. The molecular weight excluding hydrogens is 312 g/mol. The van der Waals surface area contributed by atoms with E-state index in [2.05, 4.69) is 26.3 Å². The van der Waals surface area contributed by atoms with Gasteiger partial charge in [-0.05, 0) is 41.2 Å². The molecule has 1 heterocycles. The highest BCUT2D eigenvalue weighted by Gasteiger charge is 2.09. The molecule has 0 atom stereocenters.